The van der Waals surface area contributed by atoms with E-state index in [1.807, 2.05) is 0 Å². The fraction of sp³-hybridized carbons (Fsp3) is 0.400. The van der Waals surface area contributed by atoms with E-state index in [1.54, 1.807) is 32.9 Å². The molecule has 1 amide bonds. The Bertz CT molecular complexity index is 944. The Hall–Kier alpha value is -2.67. The van der Waals surface area contributed by atoms with Crippen molar-refractivity contribution in [2.24, 2.45) is 5.41 Å². The van der Waals surface area contributed by atoms with Gasteiger partial charge in [-0.2, -0.15) is 0 Å². The summed E-state index contributed by atoms with van der Waals surface area (Å²) in [6, 6.07) is 5.02. The van der Waals surface area contributed by atoms with Gasteiger partial charge in [-0.1, -0.05) is 25.4 Å². The topological polar surface area (TPSA) is 103 Å². The Morgan fingerprint density at radius 2 is 1.82 bits per heavy atom. The van der Waals surface area contributed by atoms with Crippen molar-refractivity contribution in [1.82, 2.24) is 5.32 Å². The van der Waals surface area contributed by atoms with Gasteiger partial charge in [-0.05, 0) is 37.5 Å². The van der Waals surface area contributed by atoms with Crippen LogP contribution in [0.4, 0.5) is 0 Å². The summed E-state index contributed by atoms with van der Waals surface area (Å²) >= 11 is 6.08. The molecule has 7 nitrogen and oxygen atoms in total. The van der Waals surface area contributed by atoms with E-state index in [-0.39, 0.29) is 18.7 Å². The van der Waals surface area contributed by atoms with Gasteiger partial charge in [-0.3, -0.25) is 19.2 Å². The molecule has 0 aliphatic rings. The highest BCUT2D eigenvalue weighted by Gasteiger charge is 2.26. The predicted molar refractivity (Wildman–Crippen MR) is 103 cm³/mol. The number of hydrogen-bond acceptors (Lipinski definition) is 6. The van der Waals surface area contributed by atoms with Crippen LogP contribution < -0.4 is 5.32 Å². The summed E-state index contributed by atoms with van der Waals surface area (Å²) in [5.41, 5.74) is 0.0528. The van der Waals surface area contributed by atoms with E-state index < -0.39 is 29.7 Å². The summed E-state index contributed by atoms with van der Waals surface area (Å²) in [7, 11) is 0. The molecule has 0 saturated heterocycles. The van der Waals surface area contributed by atoms with Crippen molar-refractivity contribution in [2.45, 2.75) is 40.5 Å². The molecule has 2 aromatic rings. The molecular weight excluding hydrogens is 386 g/mol. The fourth-order valence-electron chi connectivity index (χ4n) is 2.68. The Morgan fingerprint density at radius 3 is 2.46 bits per heavy atom. The maximum absolute atomic E-state index is 12.6. The minimum atomic E-state index is -0.883. The molecule has 0 aliphatic heterocycles. The zero-order chi connectivity index (χ0) is 21.1. The third-order valence-corrected chi connectivity index (χ3v) is 4.14. The maximum Gasteiger partial charge on any atom is 0.320 e. The summed E-state index contributed by atoms with van der Waals surface area (Å²) < 4.78 is 10.2. The van der Waals surface area contributed by atoms with Crippen molar-refractivity contribution in [1.29, 1.82) is 0 Å². The molecule has 0 spiro atoms. The van der Waals surface area contributed by atoms with Crippen LogP contribution >= 0.6 is 11.6 Å². The van der Waals surface area contributed by atoms with Gasteiger partial charge in [0.2, 0.25) is 0 Å². The molecule has 0 unspecified atom stereocenters. The van der Waals surface area contributed by atoms with Crippen LogP contribution in [0.1, 0.15) is 49.7 Å². The van der Waals surface area contributed by atoms with E-state index in [2.05, 4.69) is 10.1 Å². The second-order valence-electron chi connectivity index (χ2n) is 7.48. The monoisotopic (exact) mass is 407 g/mol. The van der Waals surface area contributed by atoms with Crippen LogP contribution in [0.3, 0.4) is 0 Å². The van der Waals surface area contributed by atoms with Crippen molar-refractivity contribution in [3.8, 4) is 0 Å². The van der Waals surface area contributed by atoms with Gasteiger partial charge < -0.3 is 14.5 Å². The van der Waals surface area contributed by atoms with Crippen molar-refractivity contribution in [3.63, 3.8) is 0 Å². The summed E-state index contributed by atoms with van der Waals surface area (Å²) in [4.78, 5) is 46.8. The average molecular weight is 408 g/mol. The number of carbonyl (C=O) groups excluding carboxylic acids is 4. The van der Waals surface area contributed by atoms with Gasteiger partial charge in [0.05, 0.1) is 12.0 Å². The lowest BCUT2D eigenvalue weighted by atomic mass is 9.89. The Labute approximate surface area is 167 Å². The number of benzene rings is 1. The first kappa shape index (κ1) is 21.6. The third-order valence-electron chi connectivity index (χ3n) is 3.92. The molecule has 28 heavy (non-hydrogen) atoms. The van der Waals surface area contributed by atoms with Crippen LogP contribution in [-0.2, 0) is 19.1 Å². The average Bonchev–Trinajstić information content (AvgIpc) is 2.90. The standard InChI is InChI=1S/C20H22ClNO6/c1-11(23)5-16(24)28-17(25)9-20(3,4)10-22-19(26)15-8-14(21)7-13-6-12(2)27-18(13)15/h6-8H,5,9-10H2,1-4H3,(H,22,26). The third kappa shape index (κ3) is 5.92. The minimum absolute atomic E-state index is 0.109. The summed E-state index contributed by atoms with van der Waals surface area (Å²) in [6.45, 7) is 6.65. The molecule has 150 valence electrons. The molecule has 1 aromatic carbocycles. The van der Waals surface area contributed by atoms with E-state index in [9.17, 15) is 19.2 Å². The van der Waals surface area contributed by atoms with Gasteiger partial charge in [-0.25, -0.2) is 0 Å². The second kappa shape index (κ2) is 8.56. The zero-order valence-corrected chi connectivity index (χ0v) is 16.9. The fourth-order valence-corrected chi connectivity index (χ4v) is 2.91. The summed E-state index contributed by atoms with van der Waals surface area (Å²) in [6.07, 6.45) is -0.558. The highest BCUT2D eigenvalue weighted by molar-refractivity contribution is 6.32. The van der Waals surface area contributed by atoms with Gasteiger partial charge in [0.15, 0.2) is 0 Å². The molecule has 0 saturated carbocycles. The van der Waals surface area contributed by atoms with Crippen molar-refractivity contribution >= 4 is 46.2 Å². The van der Waals surface area contributed by atoms with Crippen molar-refractivity contribution in [3.05, 3.63) is 34.5 Å². The molecule has 0 aliphatic carbocycles. The van der Waals surface area contributed by atoms with Crippen LogP contribution in [0.25, 0.3) is 11.0 Å². The second-order valence-corrected chi connectivity index (χ2v) is 7.91. The molecule has 0 bridgehead atoms. The molecule has 1 heterocycles. The SMILES string of the molecule is CC(=O)CC(=O)OC(=O)CC(C)(C)CNC(=O)c1cc(Cl)cc2cc(C)oc12. The van der Waals surface area contributed by atoms with Crippen LogP contribution in [0.2, 0.25) is 5.02 Å². The smallest absolute Gasteiger partial charge is 0.320 e. The van der Waals surface area contributed by atoms with Gasteiger partial charge in [0, 0.05) is 17.0 Å². The van der Waals surface area contributed by atoms with Crippen LogP contribution in [0.5, 0.6) is 0 Å². The molecule has 8 heteroatoms. The van der Waals surface area contributed by atoms with E-state index >= 15 is 0 Å². The molecule has 0 radical (unpaired) electrons. The Balaban J connectivity index is 2.00. The largest absolute Gasteiger partial charge is 0.461 e. The highest BCUT2D eigenvalue weighted by Crippen LogP contribution is 2.27. The number of ether oxygens (including phenoxy) is 1. The lowest BCUT2D eigenvalue weighted by molar-refractivity contribution is -0.161. The zero-order valence-electron chi connectivity index (χ0n) is 16.2. The number of ketones is 1. The number of rotatable bonds is 7. The molecule has 1 aromatic heterocycles. The molecular formula is C20H22ClNO6. The number of esters is 2. The van der Waals surface area contributed by atoms with Crippen LogP contribution in [-0.4, -0.2) is 30.2 Å². The Morgan fingerprint density at radius 1 is 1.14 bits per heavy atom. The van der Waals surface area contributed by atoms with Crippen molar-refractivity contribution in [2.75, 3.05) is 6.54 Å². The van der Waals surface area contributed by atoms with E-state index in [0.717, 1.165) is 5.39 Å². The number of fused-ring (bicyclic) bond motifs is 1. The molecule has 1 N–H and O–H groups in total. The number of amides is 1. The number of furan rings is 1. The first-order valence-corrected chi connectivity index (χ1v) is 9.05. The molecule has 0 fully saturated rings. The van der Waals surface area contributed by atoms with Gasteiger partial charge in [0.25, 0.3) is 5.91 Å². The molecule has 0 atom stereocenters. The quantitative estimate of drug-likeness (QED) is 0.555. The van der Waals surface area contributed by atoms with Gasteiger partial charge in [-0.15, -0.1) is 0 Å². The van der Waals surface area contributed by atoms with Crippen LogP contribution in [0, 0.1) is 12.3 Å². The number of carbonyl (C=O) groups is 4. The van der Waals surface area contributed by atoms with Crippen LogP contribution in [0.15, 0.2) is 22.6 Å². The summed E-state index contributed by atoms with van der Waals surface area (Å²) in [5, 5.41) is 3.89. The van der Waals surface area contributed by atoms with E-state index in [1.165, 1.54) is 13.0 Å². The van der Waals surface area contributed by atoms with Gasteiger partial charge in [0.1, 0.15) is 23.5 Å². The van der Waals surface area contributed by atoms with Gasteiger partial charge >= 0.3 is 11.9 Å². The maximum atomic E-state index is 12.6. The number of halogens is 1. The first-order chi connectivity index (χ1) is 13.0. The number of nitrogens with one attached hydrogen (secondary N) is 1. The number of hydrogen-bond donors (Lipinski definition) is 1. The first-order valence-electron chi connectivity index (χ1n) is 8.68. The number of Topliss-reactive ketones (excluding diaryl/α,β-unsaturated/α-hetero) is 1. The van der Waals surface area contributed by atoms with Crippen molar-refractivity contribution < 1.29 is 28.3 Å². The lowest BCUT2D eigenvalue weighted by Gasteiger charge is -2.23. The lowest BCUT2D eigenvalue weighted by Crippen LogP contribution is -2.36. The number of aryl methyl sites for hydroxylation is 1. The molecule has 2 rings (SSSR count). The van der Waals surface area contributed by atoms with E-state index in [4.69, 9.17) is 16.0 Å². The van der Waals surface area contributed by atoms with E-state index in [0.29, 0.717) is 21.9 Å². The normalized spacial score (nSPS) is 11.3. The Kier molecular flexibility index (Phi) is 6.61. The minimum Gasteiger partial charge on any atom is -0.461 e. The highest BCUT2D eigenvalue weighted by atomic mass is 35.5. The predicted octanol–water partition coefficient (Wildman–Crippen LogP) is 3.59. The summed E-state index contributed by atoms with van der Waals surface area (Å²) in [5.74, 6) is -1.75.